The number of aliphatic hydroxyl groups is 1. The Balaban J connectivity index is 1.74. The molecule has 0 unspecified atom stereocenters. The first-order chi connectivity index (χ1) is 20.7. The van der Waals surface area contributed by atoms with Crippen LogP contribution in [-0.2, 0) is 23.2 Å². The van der Waals surface area contributed by atoms with Crippen LogP contribution >= 0.6 is 11.7 Å². The van der Waals surface area contributed by atoms with Gasteiger partial charge in [-0.3, -0.25) is 4.31 Å². The highest BCUT2D eigenvalue weighted by Crippen LogP contribution is 2.43. The van der Waals surface area contributed by atoms with E-state index in [9.17, 15) is 23.4 Å². The molecule has 0 aliphatic carbocycles. The minimum Gasteiger partial charge on any atom is -0.449 e. The number of carbonyl (C=O) groups is 1. The molecule has 0 bridgehead atoms. The fourth-order valence-electron chi connectivity index (χ4n) is 5.15. The molecule has 0 amide bonds. The Morgan fingerprint density at radius 3 is 2.37 bits per heavy atom. The molecule has 2 heterocycles. The molecule has 2 N–H and O–H groups in total. The van der Waals surface area contributed by atoms with Gasteiger partial charge in [-0.1, -0.05) is 57.0 Å². The van der Waals surface area contributed by atoms with Crippen LogP contribution < -0.4 is 9.04 Å². The zero-order valence-corrected chi connectivity index (χ0v) is 25.7. The monoisotopic (exact) mass is 622 g/mol. The minimum atomic E-state index is -3.59. The predicted molar refractivity (Wildman–Crippen MR) is 169 cm³/mol. The Morgan fingerprint density at radius 1 is 0.953 bits per heavy atom. The van der Waals surface area contributed by atoms with E-state index in [1.807, 2.05) is 44.2 Å². The first kappa shape index (κ1) is 30.5. The lowest BCUT2D eigenvalue weighted by molar-refractivity contribution is 0.141. The second-order valence-corrected chi connectivity index (χ2v) is 12.9. The average molecular weight is 623 g/mol. The van der Waals surface area contributed by atoms with Gasteiger partial charge in [-0.15, -0.1) is 0 Å². The molecule has 0 spiro atoms. The summed E-state index contributed by atoms with van der Waals surface area (Å²) in [5.74, 6) is 0.158. The maximum absolute atomic E-state index is 13.5. The van der Waals surface area contributed by atoms with Gasteiger partial charge in [0, 0.05) is 11.9 Å². The van der Waals surface area contributed by atoms with Crippen molar-refractivity contribution in [2.24, 2.45) is 0 Å². The number of fused-ring (bicyclic) bond motifs is 2. The number of carboxylic acid groups (broad SMARTS) is 1. The molecule has 0 saturated heterocycles. The van der Waals surface area contributed by atoms with Gasteiger partial charge in [0.15, 0.2) is 0 Å². The van der Waals surface area contributed by atoms with Crippen LogP contribution in [0.1, 0.15) is 50.7 Å². The van der Waals surface area contributed by atoms with Crippen molar-refractivity contribution < 1.29 is 28.2 Å². The molecule has 12 heteroatoms. The number of aromatic nitrogens is 3. The normalized spacial score (nSPS) is 11.8. The molecule has 0 aliphatic heterocycles. The number of benzene rings is 3. The maximum atomic E-state index is 13.5. The molecule has 226 valence electrons. The zero-order valence-electron chi connectivity index (χ0n) is 24.1. The van der Waals surface area contributed by atoms with Gasteiger partial charge >= 0.3 is 6.16 Å². The van der Waals surface area contributed by atoms with E-state index in [0.717, 1.165) is 41.2 Å². The van der Waals surface area contributed by atoms with Gasteiger partial charge in [0.25, 0.3) is 0 Å². The van der Waals surface area contributed by atoms with E-state index in [-0.39, 0.29) is 24.8 Å². The molecule has 5 aromatic rings. The number of hydrogen-bond acceptors (Lipinski definition) is 8. The topological polar surface area (TPSA) is 135 Å². The molecule has 0 atom stereocenters. The number of unbranched alkanes of at least 4 members (excludes halogenated alkanes) is 2. The third kappa shape index (κ3) is 6.51. The van der Waals surface area contributed by atoms with Crippen LogP contribution in [0.2, 0.25) is 0 Å². The van der Waals surface area contributed by atoms with Gasteiger partial charge in [-0.2, -0.15) is 8.75 Å². The zero-order chi connectivity index (χ0) is 30.6. The van der Waals surface area contributed by atoms with Crippen LogP contribution in [0.25, 0.3) is 33.1 Å². The summed E-state index contributed by atoms with van der Waals surface area (Å²) in [6, 6.07) is 18.2. The number of hydrogen-bond donors (Lipinski definition) is 2. The molecular weight excluding hydrogens is 588 g/mol. The van der Waals surface area contributed by atoms with Crippen molar-refractivity contribution in [3.8, 4) is 17.0 Å². The molecule has 2 aromatic heterocycles. The van der Waals surface area contributed by atoms with Crippen LogP contribution in [0.4, 0.5) is 10.5 Å². The minimum absolute atomic E-state index is 0.0447. The van der Waals surface area contributed by atoms with Gasteiger partial charge in [0.2, 0.25) is 15.9 Å². The largest absolute Gasteiger partial charge is 0.512 e. The summed E-state index contributed by atoms with van der Waals surface area (Å²) < 4.78 is 44.3. The number of anilines is 1. The smallest absolute Gasteiger partial charge is 0.449 e. The van der Waals surface area contributed by atoms with E-state index in [1.54, 1.807) is 34.9 Å². The van der Waals surface area contributed by atoms with Gasteiger partial charge in [-0.25, -0.2) is 13.2 Å². The molecule has 43 heavy (non-hydrogen) atoms. The van der Waals surface area contributed by atoms with Crippen LogP contribution in [-0.4, -0.2) is 50.4 Å². The summed E-state index contributed by atoms with van der Waals surface area (Å²) in [6.07, 6.45) is 1.37. The highest BCUT2D eigenvalue weighted by atomic mass is 32.2. The van der Waals surface area contributed by atoms with E-state index < -0.39 is 16.2 Å². The summed E-state index contributed by atoms with van der Waals surface area (Å²) in [6.45, 7) is 4.45. The second-order valence-electron chi connectivity index (χ2n) is 10.4. The van der Waals surface area contributed by atoms with E-state index >= 15 is 0 Å². The molecule has 5 rings (SSSR count). The van der Waals surface area contributed by atoms with Crippen molar-refractivity contribution in [3.63, 3.8) is 0 Å². The lowest BCUT2D eigenvalue weighted by Crippen LogP contribution is -2.34. The van der Waals surface area contributed by atoms with Gasteiger partial charge in [0.05, 0.1) is 47.4 Å². The van der Waals surface area contributed by atoms with Crippen molar-refractivity contribution in [2.45, 2.75) is 52.7 Å². The molecule has 3 aromatic carbocycles. The summed E-state index contributed by atoms with van der Waals surface area (Å²) in [5.41, 5.74) is 5.46. The lowest BCUT2D eigenvalue weighted by Gasteiger charge is -2.24. The van der Waals surface area contributed by atoms with Gasteiger partial charge in [-0.05, 0) is 59.9 Å². The van der Waals surface area contributed by atoms with Crippen molar-refractivity contribution in [2.75, 3.05) is 16.6 Å². The van der Waals surface area contributed by atoms with E-state index in [0.29, 0.717) is 52.7 Å². The molecule has 0 radical (unpaired) electrons. The number of ether oxygens (including phenoxy) is 1. The Bertz CT molecular complexity index is 1850. The Hall–Kier alpha value is -4.00. The third-order valence-electron chi connectivity index (χ3n) is 7.36. The summed E-state index contributed by atoms with van der Waals surface area (Å²) in [5, 5.41) is 20.1. The van der Waals surface area contributed by atoms with Gasteiger partial charge < -0.3 is 19.5 Å². The highest BCUT2D eigenvalue weighted by Gasteiger charge is 2.26. The van der Waals surface area contributed by atoms with E-state index in [4.69, 9.17) is 4.74 Å². The van der Waals surface area contributed by atoms with Crippen LogP contribution in [0.5, 0.6) is 5.88 Å². The third-order valence-corrected chi connectivity index (χ3v) is 9.79. The first-order valence-corrected chi connectivity index (χ1v) is 16.6. The van der Waals surface area contributed by atoms with Crippen LogP contribution in [0.15, 0.2) is 60.7 Å². The summed E-state index contributed by atoms with van der Waals surface area (Å²) in [7, 11) is -3.59. The summed E-state index contributed by atoms with van der Waals surface area (Å²) in [4.78, 5) is 12.0. The second kappa shape index (κ2) is 13.1. The Kier molecular flexibility index (Phi) is 9.28. The van der Waals surface area contributed by atoms with Crippen molar-refractivity contribution in [1.82, 2.24) is 13.3 Å². The number of aliphatic hydroxyl groups excluding tert-OH is 1. The number of rotatable bonds is 13. The van der Waals surface area contributed by atoms with Crippen LogP contribution in [0.3, 0.4) is 0 Å². The molecule has 0 aliphatic rings. The SMILES string of the molecule is CCCCN(c1ccc2c(c1)c(-c1ccc(CO)cc1)c(OC(=O)O)n2Cc1ccc2nsnc2c1)S(=O)(=O)CCCC. The van der Waals surface area contributed by atoms with Crippen molar-refractivity contribution in [1.29, 1.82) is 0 Å². The molecule has 0 saturated carbocycles. The fraction of sp³-hybridized carbons (Fsp3) is 0.323. The molecule has 10 nitrogen and oxygen atoms in total. The number of nitrogens with zero attached hydrogens (tertiary/aromatic N) is 4. The first-order valence-electron chi connectivity index (χ1n) is 14.2. The average Bonchev–Trinajstić information content (AvgIpc) is 3.58. The Morgan fingerprint density at radius 2 is 1.67 bits per heavy atom. The predicted octanol–water partition coefficient (Wildman–Crippen LogP) is 6.65. The maximum Gasteiger partial charge on any atom is 0.512 e. The Labute approximate surface area is 254 Å². The molecule has 0 fully saturated rings. The summed E-state index contributed by atoms with van der Waals surface area (Å²) >= 11 is 1.12. The fourth-order valence-corrected chi connectivity index (χ4v) is 7.39. The molecular formula is C31H34N4O6S2. The van der Waals surface area contributed by atoms with Gasteiger partial charge in [0.1, 0.15) is 11.0 Å². The standard InChI is InChI=1S/C31H34N4O6S2/c1-3-5-15-35(43(39,40)16-6-4-2)24-12-14-28-25(18-24)29(23-10-7-21(20-36)8-11-23)30(41-31(37)38)34(28)19-22-9-13-26-27(17-22)33-42-32-26/h7-14,17-18,36H,3-6,15-16,19-20H2,1-2H3,(H,37,38). The highest BCUT2D eigenvalue weighted by molar-refractivity contribution is 7.92. The quantitative estimate of drug-likeness (QED) is 0.139. The number of sulfonamides is 1. The van der Waals surface area contributed by atoms with Crippen molar-refractivity contribution >= 4 is 55.5 Å². The van der Waals surface area contributed by atoms with Crippen molar-refractivity contribution in [3.05, 3.63) is 71.8 Å². The lowest BCUT2D eigenvalue weighted by atomic mass is 10.0. The van der Waals surface area contributed by atoms with Crippen LogP contribution in [0, 0.1) is 0 Å². The van der Waals surface area contributed by atoms with E-state index in [2.05, 4.69) is 8.75 Å². The van der Waals surface area contributed by atoms with E-state index in [1.165, 1.54) is 4.31 Å².